The van der Waals surface area contributed by atoms with Crippen LogP contribution < -0.4 is 9.47 Å². The van der Waals surface area contributed by atoms with Crippen molar-refractivity contribution in [2.45, 2.75) is 20.0 Å². The van der Waals surface area contributed by atoms with Crippen LogP contribution in [0.15, 0.2) is 48.5 Å². The van der Waals surface area contributed by atoms with E-state index in [1.54, 1.807) is 18.2 Å². The molecular weight excluding hydrogens is 280 g/mol. The number of ketones is 1. The molecule has 1 aliphatic rings. The highest BCUT2D eigenvalue weighted by molar-refractivity contribution is 6.02. The van der Waals surface area contributed by atoms with Crippen molar-refractivity contribution in [3.8, 4) is 11.5 Å². The smallest absolute Gasteiger partial charge is 0.308 e. The summed E-state index contributed by atoms with van der Waals surface area (Å²) in [6, 6.07) is 14.6. The molecule has 0 amide bonds. The topological polar surface area (TPSA) is 52.6 Å². The van der Waals surface area contributed by atoms with Crippen LogP contribution in [-0.2, 0) is 4.79 Å². The van der Waals surface area contributed by atoms with E-state index in [1.807, 2.05) is 37.3 Å². The van der Waals surface area contributed by atoms with Gasteiger partial charge in [0.15, 0.2) is 5.78 Å². The summed E-state index contributed by atoms with van der Waals surface area (Å²) in [5, 5.41) is 0. The molecule has 4 heteroatoms. The molecule has 0 aromatic heterocycles. The van der Waals surface area contributed by atoms with Crippen LogP contribution in [0.1, 0.15) is 35.9 Å². The molecule has 0 radical (unpaired) electrons. The summed E-state index contributed by atoms with van der Waals surface area (Å²) in [4.78, 5) is 23.6. The molecule has 0 saturated heterocycles. The highest BCUT2D eigenvalue weighted by Gasteiger charge is 2.35. The van der Waals surface area contributed by atoms with Crippen LogP contribution in [0, 0.1) is 5.92 Å². The number of ether oxygens (including phenoxy) is 2. The van der Waals surface area contributed by atoms with E-state index in [-0.39, 0.29) is 17.8 Å². The maximum Gasteiger partial charge on any atom is 0.308 e. The van der Waals surface area contributed by atoms with E-state index in [4.69, 9.17) is 9.47 Å². The Hall–Kier alpha value is -2.62. The van der Waals surface area contributed by atoms with Crippen LogP contribution >= 0.6 is 0 Å². The minimum absolute atomic E-state index is 0.0101. The second kappa shape index (κ2) is 5.64. The van der Waals surface area contributed by atoms with Crippen molar-refractivity contribution in [2.24, 2.45) is 5.92 Å². The molecule has 0 bridgehead atoms. The fourth-order valence-corrected chi connectivity index (χ4v) is 2.65. The van der Waals surface area contributed by atoms with Crippen LogP contribution in [0.5, 0.6) is 11.5 Å². The molecule has 2 aromatic carbocycles. The molecule has 0 N–H and O–H groups in total. The lowest BCUT2D eigenvalue weighted by molar-refractivity contribution is -0.131. The summed E-state index contributed by atoms with van der Waals surface area (Å²) in [7, 11) is 0. The monoisotopic (exact) mass is 296 g/mol. The number of carbonyl (C=O) groups is 2. The molecule has 1 heterocycles. The third-order valence-corrected chi connectivity index (χ3v) is 3.73. The Kier molecular flexibility index (Phi) is 3.67. The molecule has 3 rings (SSSR count). The second-order valence-corrected chi connectivity index (χ2v) is 5.35. The maximum absolute atomic E-state index is 12.6. The van der Waals surface area contributed by atoms with E-state index in [1.165, 1.54) is 6.92 Å². The first-order chi connectivity index (χ1) is 10.6. The number of hydrogen-bond donors (Lipinski definition) is 0. The van der Waals surface area contributed by atoms with Gasteiger partial charge in [0.1, 0.15) is 17.6 Å². The zero-order valence-corrected chi connectivity index (χ0v) is 12.4. The summed E-state index contributed by atoms with van der Waals surface area (Å²) in [5.74, 6) is 0.146. The first kappa shape index (κ1) is 14.3. The first-order valence-electron chi connectivity index (χ1n) is 7.14. The number of benzene rings is 2. The fourth-order valence-electron chi connectivity index (χ4n) is 2.65. The fraction of sp³-hybridized carbons (Fsp3) is 0.222. The van der Waals surface area contributed by atoms with Gasteiger partial charge in [-0.2, -0.15) is 0 Å². The van der Waals surface area contributed by atoms with E-state index in [0.29, 0.717) is 17.1 Å². The van der Waals surface area contributed by atoms with Crippen LogP contribution in [0.25, 0.3) is 0 Å². The van der Waals surface area contributed by atoms with Crippen molar-refractivity contribution in [1.82, 2.24) is 0 Å². The summed E-state index contributed by atoms with van der Waals surface area (Å²) in [6.45, 7) is 3.17. The Balaban J connectivity index is 1.96. The van der Waals surface area contributed by atoms with Crippen LogP contribution in [0.2, 0.25) is 0 Å². The van der Waals surface area contributed by atoms with Crippen LogP contribution in [0.3, 0.4) is 0 Å². The lowest BCUT2D eigenvalue weighted by atomic mass is 9.87. The van der Waals surface area contributed by atoms with Gasteiger partial charge in [0, 0.05) is 6.92 Å². The van der Waals surface area contributed by atoms with Gasteiger partial charge >= 0.3 is 5.97 Å². The maximum atomic E-state index is 12.6. The van der Waals surface area contributed by atoms with Crippen LogP contribution in [-0.4, -0.2) is 11.8 Å². The average molecular weight is 296 g/mol. The summed E-state index contributed by atoms with van der Waals surface area (Å²) >= 11 is 0. The third kappa shape index (κ3) is 2.60. The Morgan fingerprint density at radius 3 is 2.55 bits per heavy atom. The van der Waals surface area contributed by atoms with Crippen LogP contribution in [0.4, 0.5) is 0 Å². The van der Waals surface area contributed by atoms with Crippen molar-refractivity contribution >= 4 is 11.8 Å². The quantitative estimate of drug-likeness (QED) is 0.628. The number of hydrogen-bond acceptors (Lipinski definition) is 4. The SMILES string of the molecule is CC(=O)Oc1ccc2c(c1)C(=O)C(C)C(c1ccccc1)O2. The van der Waals surface area contributed by atoms with Gasteiger partial charge in [-0.15, -0.1) is 0 Å². The minimum atomic E-state index is -0.417. The standard InChI is InChI=1S/C18H16O4/c1-11-17(20)15-10-14(21-12(2)19)8-9-16(15)22-18(11)13-6-4-3-5-7-13/h3-11,18H,1-2H3. The predicted octanol–water partition coefficient (Wildman–Crippen LogP) is 3.56. The molecule has 4 nitrogen and oxygen atoms in total. The van der Waals surface area contributed by atoms with Gasteiger partial charge in [-0.25, -0.2) is 0 Å². The van der Waals surface area contributed by atoms with Gasteiger partial charge in [-0.3, -0.25) is 9.59 Å². The predicted molar refractivity (Wildman–Crippen MR) is 81.1 cm³/mol. The van der Waals surface area contributed by atoms with Gasteiger partial charge in [0.05, 0.1) is 11.5 Å². The van der Waals surface area contributed by atoms with E-state index >= 15 is 0 Å². The van der Waals surface area contributed by atoms with Gasteiger partial charge in [-0.1, -0.05) is 37.3 Å². The lowest BCUT2D eigenvalue weighted by Gasteiger charge is -2.31. The summed E-state index contributed by atoms with van der Waals surface area (Å²) < 4.78 is 11.0. The third-order valence-electron chi connectivity index (χ3n) is 3.73. The number of rotatable bonds is 2. The highest BCUT2D eigenvalue weighted by atomic mass is 16.5. The van der Waals surface area contributed by atoms with Crippen molar-refractivity contribution in [2.75, 3.05) is 0 Å². The van der Waals surface area contributed by atoms with Gasteiger partial charge in [0.2, 0.25) is 0 Å². The van der Waals surface area contributed by atoms with Crippen molar-refractivity contribution < 1.29 is 19.1 Å². The van der Waals surface area contributed by atoms with E-state index in [2.05, 4.69) is 0 Å². The zero-order valence-electron chi connectivity index (χ0n) is 12.4. The molecular formula is C18H16O4. The molecule has 2 unspecified atom stereocenters. The van der Waals surface area contributed by atoms with Gasteiger partial charge in [-0.05, 0) is 23.8 Å². The second-order valence-electron chi connectivity index (χ2n) is 5.35. The number of esters is 1. The Bertz CT molecular complexity index is 721. The van der Waals surface area contributed by atoms with Gasteiger partial charge in [0.25, 0.3) is 0 Å². The van der Waals surface area contributed by atoms with Crippen molar-refractivity contribution in [3.05, 3.63) is 59.7 Å². The molecule has 0 aliphatic carbocycles. The summed E-state index contributed by atoms with van der Waals surface area (Å²) in [6.07, 6.45) is -0.305. The Morgan fingerprint density at radius 2 is 1.86 bits per heavy atom. The largest absolute Gasteiger partial charge is 0.484 e. The van der Waals surface area contributed by atoms with E-state index < -0.39 is 5.97 Å². The molecule has 22 heavy (non-hydrogen) atoms. The zero-order chi connectivity index (χ0) is 15.7. The van der Waals surface area contributed by atoms with E-state index in [0.717, 1.165) is 5.56 Å². The molecule has 2 atom stereocenters. The lowest BCUT2D eigenvalue weighted by Crippen LogP contribution is -2.29. The molecule has 112 valence electrons. The molecule has 1 aliphatic heterocycles. The van der Waals surface area contributed by atoms with Crippen molar-refractivity contribution in [3.63, 3.8) is 0 Å². The average Bonchev–Trinajstić information content (AvgIpc) is 2.51. The number of Topliss-reactive ketones (excluding diaryl/α,β-unsaturated/α-hetero) is 1. The highest BCUT2D eigenvalue weighted by Crippen LogP contribution is 2.39. The Labute approximate surface area is 128 Å². The van der Waals surface area contributed by atoms with Crippen molar-refractivity contribution in [1.29, 1.82) is 0 Å². The molecule has 0 spiro atoms. The van der Waals surface area contributed by atoms with Gasteiger partial charge < -0.3 is 9.47 Å². The normalized spacial score (nSPS) is 20.0. The molecule has 0 fully saturated rings. The number of fused-ring (bicyclic) bond motifs is 1. The first-order valence-corrected chi connectivity index (χ1v) is 7.14. The minimum Gasteiger partial charge on any atom is -0.484 e. The summed E-state index contributed by atoms with van der Waals surface area (Å²) in [5.41, 5.74) is 1.43. The molecule has 0 saturated carbocycles. The molecule has 2 aromatic rings. The van der Waals surface area contributed by atoms with E-state index in [9.17, 15) is 9.59 Å². The number of carbonyl (C=O) groups excluding carboxylic acids is 2. The Morgan fingerprint density at radius 1 is 1.14 bits per heavy atom.